The third-order valence-electron chi connectivity index (χ3n) is 2.92. The molecule has 7 heteroatoms. The molecule has 21 heavy (non-hydrogen) atoms. The predicted molar refractivity (Wildman–Crippen MR) is 79.2 cm³/mol. The lowest BCUT2D eigenvalue weighted by atomic mass is 10.2. The van der Waals surface area contributed by atoms with Crippen LogP contribution < -0.4 is 5.32 Å². The normalized spacial score (nSPS) is 17.1. The van der Waals surface area contributed by atoms with Gasteiger partial charge in [0.2, 0.25) is 0 Å². The molecule has 0 aromatic rings. The van der Waals surface area contributed by atoms with E-state index < -0.39 is 11.7 Å². The molecule has 0 aliphatic carbocycles. The number of nitrogens with one attached hydrogen (secondary N) is 1. The van der Waals surface area contributed by atoms with Gasteiger partial charge < -0.3 is 24.6 Å². The molecule has 3 amide bonds. The molecule has 122 valence electrons. The van der Waals surface area contributed by atoms with E-state index in [1.807, 2.05) is 27.7 Å². The minimum absolute atomic E-state index is 0.0452. The lowest BCUT2D eigenvalue weighted by Crippen LogP contribution is -2.50. The molecule has 1 heterocycles. The van der Waals surface area contributed by atoms with Crippen LogP contribution >= 0.6 is 0 Å². The van der Waals surface area contributed by atoms with Gasteiger partial charge >= 0.3 is 12.1 Å². The maximum Gasteiger partial charge on any atom is 0.407 e. The van der Waals surface area contributed by atoms with Gasteiger partial charge in [-0.05, 0) is 27.7 Å². The largest absolute Gasteiger partial charge is 0.444 e. The van der Waals surface area contributed by atoms with Gasteiger partial charge in [0.05, 0.1) is 13.2 Å². The standard InChI is InChI=1S/C14H27N3O4/c1-11(15-12(18)21-14(2,3)4)10-16(5)13(19)17-6-8-20-9-7-17/h11H,6-10H2,1-5H3,(H,15,18)/t11-/m0/s1. The summed E-state index contributed by atoms with van der Waals surface area (Å²) in [7, 11) is 1.73. The fourth-order valence-corrected chi connectivity index (χ4v) is 2.04. The molecule has 1 aliphatic rings. The Morgan fingerprint density at radius 1 is 1.33 bits per heavy atom. The Bertz CT molecular complexity index is 362. The van der Waals surface area contributed by atoms with Crippen molar-refractivity contribution in [1.82, 2.24) is 15.1 Å². The maximum absolute atomic E-state index is 12.2. The number of morpholine rings is 1. The number of carbonyl (C=O) groups excluding carboxylic acids is 2. The van der Waals surface area contributed by atoms with Crippen molar-refractivity contribution in [3.8, 4) is 0 Å². The number of hydrogen-bond acceptors (Lipinski definition) is 4. The summed E-state index contributed by atoms with van der Waals surface area (Å²) >= 11 is 0. The van der Waals surface area contributed by atoms with E-state index in [-0.39, 0.29) is 12.1 Å². The molecule has 0 radical (unpaired) electrons. The smallest absolute Gasteiger partial charge is 0.407 e. The third-order valence-corrected chi connectivity index (χ3v) is 2.92. The van der Waals surface area contributed by atoms with Crippen molar-refractivity contribution >= 4 is 12.1 Å². The molecule has 1 rings (SSSR count). The Morgan fingerprint density at radius 3 is 2.43 bits per heavy atom. The van der Waals surface area contributed by atoms with Crippen molar-refractivity contribution in [3.05, 3.63) is 0 Å². The number of nitrogens with zero attached hydrogens (tertiary/aromatic N) is 2. The Hall–Kier alpha value is -1.50. The highest BCUT2D eigenvalue weighted by atomic mass is 16.6. The van der Waals surface area contributed by atoms with Crippen molar-refractivity contribution in [2.45, 2.75) is 39.3 Å². The molecule has 0 aromatic carbocycles. The minimum atomic E-state index is -0.528. The van der Waals surface area contributed by atoms with Crippen molar-refractivity contribution in [3.63, 3.8) is 0 Å². The van der Waals surface area contributed by atoms with E-state index in [0.29, 0.717) is 32.8 Å². The number of alkyl carbamates (subject to hydrolysis) is 1. The van der Waals surface area contributed by atoms with Gasteiger partial charge in [0.25, 0.3) is 0 Å². The lowest BCUT2D eigenvalue weighted by molar-refractivity contribution is 0.0426. The van der Waals surface area contributed by atoms with Crippen LogP contribution in [0.15, 0.2) is 0 Å². The molecule has 0 saturated carbocycles. The fraction of sp³-hybridized carbons (Fsp3) is 0.857. The molecule has 0 aromatic heterocycles. The van der Waals surface area contributed by atoms with Crippen LogP contribution in [-0.2, 0) is 9.47 Å². The van der Waals surface area contributed by atoms with Crippen LogP contribution in [0.25, 0.3) is 0 Å². The second-order valence-corrected chi connectivity index (χ2v) is 6.31. The number of rotatable bonds is 3. The summed E-state index contributed by atoms with van der Waals surface area (Å²) in [5.74, 6) is 0. The van der Waals surface area contributed by atoms with Crippen LogP contribution in [-0.4, -0.2) is 73.5 Å². The molecule has 0 spiro atoms. The molecule has 0 bridgehead atoms. The van der Waals surface area contributed by atoms with E-state index in [9.17, 15) is 9.59 Å². The van der Waals surface area contributed by atoms with E-state index in [4.69, 9.17) is 9.47 Å². The topological polar surface area (TPSA) is 71.1 Å². The van der Waals surface area contributed by atoms with Gasteiger partial charge in [-0.15, -0.1) is 0 Å². The summed E-state index contributed by atoms with van der Waals surface area (Å²) in [4.78, 5) is 27.2. The number of carbonyl (C=O) groups is 2. The van der Waals surface area contributed by atoms with Gasteiger partial charge in [0.1, 0.15) is 5.60 Å². The summed E-state index contributed by atoms with van der Waals surface area (Å²) in [5, 5.41) is 2.73. The predicted octanol–water partition coefficient (Wildman–Crippen LogP) is 1.28. The summed E-state index contributed by atoms with van der Waals surface area (Å²) < 4.78 is 10.4. The first-order chi connectivity index (χ1) is 9.69. The van der Waals surface area contributed by atoms with E-state index >= 15 is 0 Å². The molecule has 1 aliphatic heterocycles. The van der Waals surface area contributed by atoms with Crippen LogP contribution in [0.2, 0.25) is 0 Å². The van der Waals surface area contributed by atoms with E-state index in [1.165, 1.54) is 0 Å². The van der Waals surface area contributed by atoms with Gasteiger partial charge in [-0.25, -0.2) is 9.59 Å². The summed E-state index contributed by atoms with van der Waals surface area (Å²) in [5.41, 5.74) is -0.528. The van der Waals surface area contributed by atoms with Gasteiger partial charge in [-0.1, -0.05) is 0 Å². The zero-order chi connectivity index (χ0) is 16.0. The van der Waals surface area contributed by atoms with Crippen molar-refractivity contribution in [1.29, 1.82) is 0 Å². The summed E-state index contributed by atoms with van der Waals surface area (Å²) in [6, 6.07) is -0.231. The number of ether oxygens (including phenoxy) is 2. The van der Waals surface area contributed by atoms with Gasteiger partial charge in [0, 0.05) is 32.7 Å². The molecule has 1 fully saturated rings. The van der Waals surface area contributed by atoms with Crippen molar-refractivity contribution < 1.29 is 19.1 Å². The third kappa shape index (κ3) is 6.66. The first-order valence-electron chi connectivity index (χ1n) is 7.26. The quantitative estimate of drug-likeness (QED) is 0.852. The minimum Gasteiger partial charge on any atom is -0.444 e. The molecule has 0 unspecified atom stereocenters. The SMILES string of the molecule is C[C@@H](CN(C)C(=O)N1CCOCC1)NC(=O)OC(C)(C)C. The molecular weight excluding hydrogens is 274 g/mol. The summed E-state index contributed by atoms with van der Waals surface area (Å²) in [6.45, 7) is 10.1. The average Bonchev–Trinajstić information content (AvgIpc) is 2.36. The number of amides is 3. The Morgan fingerprint density at radius 2 is 1.90 bits per heavy atom. The molecule has 1 N–H and O–H groups in total. The Balaban J connectivity index is 2.37. The van der Waals surface area contributed by atoms with Crippen LogP contribution in [0.3, 0.4) is 0 Å². The van der Waals surface area contributed by atoms with Crippen molar-refractivity contribution in [2.75, 3.05) is 39.9 Å². The highest BCUT2D eigenvalue weighted by molar-refractivity contribution is 5.74. The Kier molecular flexibility index (Phi) is 6.26. The maximum atomic E-state index is 12.2. The van der Waals surface area contributed by atoms with Crippen LogP contribution in [0.4, 0.5) is 9.59 Å². The first-order valence-corrected chi connectivity index (χ1v) is 7.26. The number of likely N-dealkylation sites (N-methyl/N-ethyl adjacent to an activating group) is 1. The number of hydrogen-bond donors (Lipinski definition) is 1. The van der Waals surface area contributed by atoms with E-state index in [1.54, 1.807) is 16.8 Å². The van der Waals surface area contributed by atoms with E-state index in [2.05, 4.69) is 5.32 Å². The zero-order valence-electron chi connectivity index (χ0n) is 13.6. The highest BCUT2D eigenvalue weighted by Gasteiger charge is 2.23. The molecule has 1 saturated heterocycles. The van der Waals surface area contributed by atoms with Crippen LogP contribution in [0, 0.1) is 0 Å². The van der Waals surface area contributed by atoms with Crippen molar-refractivity contribution in [2.24, 2.45) is 0 Å². The molecule has 1 atom stereocenters. The average molecular weight is 301 g/mol. The highest BCUT2D eigenvalue weighted by Crippen LogP contribution is 2.07. The lowest BCUT2D eigenvalue weighted by Gasteiger charge is -2.32. The van der Waals surface area contributed by atoms with Gasteiger partial charge in [0.15, 0.2) is 0 Å². The van der Waals surface area contributed by atoms with Gasteiger partial charge in [-0.2, -0.15) is 0 Å². The second kappa shape index (κ2) is 7.49. The Labute approximate surface area is 126 Å². The molecular formula is C14H27N3O4. The van der Waals surface area contributed by atoms with E-state index in [0.717, 1.165) is 0 Å². The van der Waals surface area contributed by atoms with Crippen LogP contribution in [0.5, 0.6) is 0 Å². The first kappa shape index (κ1) is 17.6. The fourth-order valence-electron chi connectivity index (χ4n) is 2.04. The second-order valence-electron chi connectivity index (χ2n) is 6.31. The zero-order valence-corrected chi connectivity index (χ0v) is 13.6. The van der Waals surface area contributed by atoms with Crippen LogP contribution in [0.1, 0.15) is 27.7 Å². The van der Waals surface area contributed by atoms with Gasteiger partial charge in [-0.3, -0.25) is 0 Å². The monoisotopic (exact) mass is 301 g/mol. The molecule has 7 nitrogen and oxygen atoms in total. The number of urea groups is 1. The summed E-state index contributed by atoms with van der Waals surface area (Å²) in [6.07, 6.45) is -0.470.